The highest BCUT2D eigenvalue weighted by atomic mass is 16.4. The van der Waals surface area contributed by atoms with Crippen LogP contribution in [0.5, 0.6) is 0 Å². The molecular formula is C20H19N3O5. The third-order valence-electron chi connectivity index (χ3n) is 4.67. The van der Waals surface area contributed by atoms with Crippen molar-refractivity contribution >= 4 is 41.4 Å². The maximum absolute atomic E-state index is 12.5. The van der Waals surface area contributed by atoms with E-state index in [9.17, 15) is 19.2 Å². The maximum Gasteiger partial charge on any atom is 0.325 e. The molecule has 0 saturated carbocycles. The second kappa shape index (κ2) is 7.15. The van der Waals surface area contributed by atoms with Crippen LogP contribution in [0.4, 0.5) is 5.69 Å². The van der Waals surface area contributed by atoms with Crippen molar-refractivity contribution in [2.75, 3.05) is 5.32 Å². The number of benzene rings is 1. The average molecular weight is 381 g/mol. The van der Waals surface area contributed by atoms with Gasteiger partial charge in [0.05, 0.1) is 11.1 Å². The van der Waals surface area contributed by atoms with Crippen molar-refractivity contribution in [1.82, 2.24) is 10.3 Å². The van der Waals surface area contributed by atoms with Gasteiger partial charge in [0.15, 0.2) is 0 Å². The lowest BCUT2D eigenvalue weighted by molar-refractivity contribution is -0.138. The van der Waals surface area contributed by atoms with Gasteiger partial charge in [0, 0.05) is 28.2 Å². The van der Waals surface area contributed by atoms with E-state index in [1.807, 2.05) is 0 Å². The van der Waals surface area contributed by atoms with Crippen LogP contribution in [0.15, 0.2) is 18.2 Å². The first-order chi connectivity index (χ1) is 13.2. The molecule has 1 atom stereocenters. The number of fused-ring (bicyclic) bond motifs is 1. The van der Waals surface area contributed by atoms with Crippen molar-refractivity contribution in [3.8, 4) is 0 Å². The molecule has 1 aliphatic rings. The number of anilines is 1. The fourth-order valence-electron chi connectivity index (χ4n) is 3.16. The molecule has 1 aliphatic heterocycles. The lowest BCUT2D eigenvalue weighted by Crippen LogP contribution is -2.38. The van der Waals surface area contributed by atoms with E-state index in [1.54, 1.807) is 38.1 Å². The van der Waals surface area contributed by atoms with Gasteiger partial charge in [-0.3, -0.25) is 19.2 Å². The summed E-state index contributed by atoms with van der Waals surface area (Å²) >= 11 is 0. The highest BCUT2D eigenvalue weighted by Crippen LogP contribution is 2.34. The van der Waals surface area contributed by atoms with Crippen molar-refractivity contribution in [2.45, 2.75) is 26.8 Å². The van der Waals surface area contributed by atoms with Gasteiger partial charge in [-0.1, -0.05) is 0 Å². The SMILES string of the molecule is Cc1[nH]c(/C=C2\C(=O)Nc3ccc(C=O)cc32)c(C)c1C(=O)NC(C)C(=O)O. The first kappa shape index (κ1) is 19.1. The quantitative estimate of drug-likeness (QED) is 0.466. The summed E-state index contributed by atoms with van der Waals surface area (Å²) in [4.78, 5) is 49.9. The van der Waals surface area contributed by atoms with Gasteiger partial charge in [-0.15, -0.1) is 0 Å². The third kappa shape index (κ3) is 3.32. The Kier molecular flexibility index (Phi) is 4.87. The third-order valence-corrected chi connectivity index (χ3v) is 4.67. The fraction of sp³-hybridized carbons (Fsp3) is 0.200. The molecule has 8 nitrogen and oxygen atoms in total. The number of carboxylic acids is 1. The van der Waals surface area contributed by atoms with Crippen LogP contribution in [-0.4, -0.2) is 40.2 Å². The normalized spacial score (nSPS) is 15.1. The molecule has 2 heterocycles. The van der Waals surface area contributed by atoms with Crippen LogP contribution in [0.25, 0.3) is 11.6 Å². The van der Waals surface area contributed by atoms with Gasteiger partial charge in [0.1, 0.15) is 12.3 Å². The van der Waals surface area contributed by atoms with E-state index in [0.29, 0.717) is 51.2 Å². The molecule has 0 spiro atoms. The van der Waals surface area contributed by atoms with Crippen LogP contribution in [0.2, 0.25) is 0 Å². The summed E-state index contributed by atoms with van der Waals surface area (Å²) in [5.41, 5.74) is 4.06. The number of hydrogen-bond acceptors (Lipinski definition) is 4. The predicted octanol–water partition coefficient (Wildman–Crippen LogP) is 2.14. The molecule has 144 valence electrons. The van der Waals surface area contributed by atoms with Crippen molar-refractivity contribution < 1.29 is 24.3 Å². The Morgan fingerprint density at radius 1 is 1.25 bits per heavy atom. The number of aromatic amines is 1. The number of hydrogen-bond donors (Lipinski definition) is 4. The Morgan fingerprint density at radius 3 is 2.61 bits per heavy atom. The molecule has 1 aromatic carbocycles. The van der Waals surface area contributed by atoms with Crippen LogP contribution < -0.4 is 10.6 Å². The monoisotopic (exact) mass is 381 g/mol. The summed E-state index contributed by atoms with van der Waals surface area (Å²) in [6.45, 7) is 4.79. The molecule has 0 bridgehead atoms. The molecule has 1 aromatic heterocycles. The Labute approximate surface area is 160 Å². The van der Waals surface area contributed by atoms with Crippen molar-refractivity contribution in [3.63, 3.8) is 0 Å². The molecule has 8 heteroatoms. The van der Waals surface area contributed by atoms with Gasteiger partial charge in [-0.05, 0) is 50.6 Å². The summed E-state index contributed by atoms with van der Waals surface area (Å²) in [7, 11) is 0. The first-order valence-electron chi connectivity index (χ1n) is 8.58. The Hall–Kier alpha value is -3.68. The lowest BCUT2D eigenvalue weighted by Gasteiger charge is -2.09. The first-order valence-corrected chi connectivity index (χ1v) is 8.58. The minimum Gasteiger partial charge on any atom is -0.480 e. The number of aldehydes is 1. The van der Waals surface area contributed by atoms with E-state index in [0.717, 1.165) is 0 Å². The molecule has 4 N–H and O–H groups in total. The topological polar surface area (TPSA) is 128 Å². The smallest absolute Gasteiger partial charge is 0.325 e. The van der Waals surface area contributed by atoms with E-state index < -0.39 is 17.9 Å². The molecule has 1 unspecified atom stereocenters. The van der Waals surface area contributed by atoms with Gasteiger partial charge in [0.25, 0.3) is 11.8 Å². The van der Waals surface area contributed by atoms with Crippen LogP contribution in [0.3, 0.4) is 0 Å². The average Bonchev–Trinajstić information content (AvgIpc) is 3.10. The molecule has 0 radical (unpaired) electrons. The number of carbonyl (C=O) groups is 4. The van der Waals surface area contributed by atoms with Crippen molar-refractivity contribution in [1.29, 1.82) is 0 Å². The van der Waals surface area contributed by atoms with Gasteiger partial charge >= 0.3 is 5.97 Å². The Bertz CT molecular complexity index is 1050. The number of nitrogens with one attached hydrogen (secondary N) is 3. The van der Waals surface area contributed by atoms with Gasteiger partial charge in [0.2, 0.25) is 0 Å². The van der Waals surface area contributed by atoms with E-state index in [4.69, 9.17) is 5.11 Å². The highest BCUT2D eigenvalue weighted by Gasteiger charge is 2.26. The number of carbonyl (C=O) groups excluding carboxylic acids is 3. The zero-order chi connectivity index (χ0) is 20.6. The number of aromatic nitrogens is 1. The number of rotatable bonds is 5. The molecule has 2 aromatic rings. The summed E-state index contributed by atoms with van der Waals surface area (Å²) in [5.74, 6) is -1.95. The van der Waals surface area contributed by atoms with E-state index in [1.165, 1.54) is 6.92 Å². The highest BCUT2D eigenvalue weighted by molar-refractivity contribution is 6.35. The molecule has 2 amide bonds. The minimum absolute atomic E-state index is 0.310. The van der Waals surface area contributed by atoms with Crippen LogP contribution >= 0.6 is 0 Å². The molecule has 28 heavy (non-hydrogen) atoms. The molecule has 3 rings (SSSR count). The Balaban J connectivity index is 2.01. The van der Waals surface area contributed by atoms with Crippen LogP contribution in [0.1, 0.15) is 50.2 Å². The number of amides is 2. The number of aliphatic carboxylic acids is 1. The van der Waals surface area contributed by atoms with Gasteiger partial charge in [-0.2, -0.15) is 0 Å². The molecule has 0 aliphatic carbocycles. The minimum atomic E-state index is -1.13. The Morgan fingerprint density at radius 2 is 1.96 bits per heavy atom. The standard InChI is InChI=1S/C20H19N3O5/c1-9-16(21-10(2)17(9)19(26)22-11(3)20(27)28)7-14-13-6-12(8-24)4-5-15(13)23-18(14)25/h4-8,11,21H,1-3H3,(H,22,26)(H,23,25)(H,27,28)/b14-7-. The van der Waals surface area contributed by atoms with Crippen LogP contribution in [-0.2, 0) is 9.59 Å². The van der Waals surface area contributed by atoms with Gasteiger partial charge in [-0.25, -0.2) is 0 Å². The summed E-state index contributed by atoms with van der Waals surface area (Å²) in [6, 6.07) is 3.87. The van der Waals surface area contributed by atoms with Crippen molar-refractivity contribution in [3.05, 3.63) is 51.8 Å². The lowest BCUT2D eigenvalue weighted by atomic mass is 10.0. The molecular weight excluding hydrogens is 362 g/mol. The van der Waals surface area contributed by atoms with Crippen molar-refractivity contribution in [2.24, 2.45) is 0 Å². The van der Waals surface area contributed by atoms with Gasteiger partial charge < -0.3 is 20.7 Å². The van der Waals surface area contributed by atoms with E-state index >= 15 is 0 Å². The second-order valence-electron chi connectivity index (χ2n) is 6.63. The largest absolute Gasteiger partial charge is 0.480 e. The van der Waals surface area contributed by atoms with Crippen LogP contribution in [0, 0.1) is 13.8 Å². The zero-order valence-electron chi connectivity index (χ0n) is 15.5. The second-order valence-corrected chi connectivity index (χ2v) is 6.63. The fourth-order valence-corrected chi connectivity index (χ4v) is 3.16. The number of H-pyrrole nitrogens is 1. The predicted molar refractivity (Wildman–Crippen MR) is 103 cm³/mol. The molecule has 0 fully saturated rings. The maximum atomic E-state index is 12.5. The van der Waals surface area contributed by atoms with E-state index in [-0.39, 0.29) is 5.91 Å². The molecule has 0 saturated heterocycles. The summed E-state index contributed by atoms with van der Waals surface area (Å²) < 4.78 is 0. The zero-order valence-corrected chi connectivity index (χ0v) is 15.5. The summed E-state index contributed by atoms with van der Waals surface area (Å²) in [6.07, 6.45) is 2.33. The number of carboxylic acid groups (broad SMARTS) is 1. The van der Waals surface area contributed by atoms with E-state index in [2.05, 4.69) is 15.6 Å². The summed E-state index contributed by atoms with van der Waals surface area (Å²) in [5, 5.41) is 14.1. The number of aryl methyl sites for hydroxylation is 1.